The predicted octanol–water partition coefficient (Wildman–Crippen LogP) is 4.15. The fraction of sp³-hybridized carbons (Fsp3) is 0.350. The van der Waals surface area contributed by atoms with Crippen LogP contribution in [0.15, 0.2) is 47.4 Å². The Balaban J connectivity index is 1.70. The van der Waals surface area contributed by atoms with E-state index in [-0.39, 0.29) is 0 Å². The fourth-order valence-electron chi connectivity index (χ4n) is 3.85. The van der Waals surface area contributed by atoms with E-state index >= 15 is 0 Å². The predicted molar refractivity (Wildman–Crippen MR) is 97.9 cm³/mol. The lowest BCUT2D eigenvalue weighted by atomic mass is 9.89. The smallest absolute Gasteiger partial charge is 0.407 e. The van der Waals surface area contributed by atoms with Crippen LogP contribution in [0.1, 0.15) is 29.9 Å². The molecule has 3 heterocycles. The number of amides is 1. The lowest BCUT2D eigenvalue weighted by molar-refractivity contribution is 0.132. The lowest BCUT2D eigenvalue weighted by Gasteiger charge is -2.29. The van der Waals surface area contributed by atoms with Crippen LogP contribution < -0.4 is 4.74 Å². The number of furan rings is 1. The van der Waals surface area contributed by atoms with Gasteiger partial charge in [0.2, 0.25) is 0 Å². The molecule has 1 aliphatic heterocycles. The first-order valence-corrected chi connectivity index (χ1v) is 8.81. The van der Waals surface area contributed by atoms with Crippen LogP contribution in [-0.2, 0) is 6.54 Å². The molecule has 1 N–H and O–H groups in total. The quantitative estimate of drug-likeness (QED) is 0.764. The van der Waals surface area contributed by atoms with Crippen molar-refractivity contribution >= 4 is 17.0 Å². The van der Waals surface area contributed by atoms with E-state index in [4.69, 9.17) is 9.15 Å². The first-order valence-electron chi connectivity index (χ1n) is 8.81. The Morgan fingerprint density at radius 3 is 2.77 bits per heavy atom. The molecule has 6 heteroatoms. The van der Waals surface area contributed by atoms with E-state index in [0.717, 1.165) is 36.2 Å². The molecule has 1 aliphatic rings. The molecule has 1 amide bonds. The number of rotatable bonds is 4. The topological polar surface area (TPSA) is 67.8 Å². The molecule has 26 heavy (non-hydrogen) atoms. The molecule has 0 atom stereocenters. The summed E-state index contributed by atoms with van der Waals surface area (Å²) < 4.78 is 12.9. The Labute approximate surface area is 151 Å². The monoisotopic (exact) mass is 354 g/mol. The number of fused-ring (bicyclic) bond motifs is 1. The van der Waals surface area contributed by atoms with Crippen LogP contribution in [0.4, 0.5) is 4.79 Å². The number of hydrogen-bond acceptors (Lipinski definition) is 3. The van der Waals surface area contributed by atoms with Crippen molar-refractivity contribution in [2.45, 2.75) is 25.3 Å². The third-order valence-corrected chi connectivity index (χ3v) is 5.26. The maximum absolute atomic E-state index is 11.2. The molecule has 2 aromatic heterocycles. The van der Waals surface area contributed by atoms with Gasteiger partial charge in [-0.15, -0.1) is 0 Å². The van der Waals surface area contributed by atoms with Gasteiger partial charge in [-0.2, -0.15) is 0 Å². The van der Waals surface area contributed by atoms with Gasteiger partial charge in [0.25, 0.3) is 0 Å². The minimum absolute atomic E-state index is 0.353. The summed E-state index contributed by atoms with van der Waals surface area (Å²) in [5.74, 6) is 1.19. The largest absolute Gasteiger partial charge is 0.497 e. The van der Waals surface area contributed by atoms with E-state index < -0.39 is 6.09 Å². The van der Waals surface area contributed by atoms with E-state index in [1.165, 1.54) is 15.8 Å². The number of benzene rings is 1. The maximum Gasteiger partial charge on any atom is 0.407 e. The second-order valence-electron chi connectivity index (χ2n) is 6.77. The SMILES string of the molecule is COc1ccc2c(c1)c(C1CCN(C(=O)O)CC1)cn2Cc1ccoc1. The Bertz CT molecular complexity index is 905. The molecule has 1 saturated heterocycles. The van der Waals surface area contributed by atoms with Crippen molar-refractivity contribution in [1.82, 2.24) is 9.47 Å². The summed E-state index contributed by atoms with van der Waals surface area (Å²) in [4.78, 5) is 12.7. The molecule has 0 spiro atoms. The number of piperidine rings is 1. The maximum atomic E-state index is 11.2. The van der Waals surface area contributed by atoms with E-state index in [9.17, 15) is 9.90 Å². The fourth-order valence-corrected chi connectivity index (χ4v) is 3.85. The van der Waals surface area contributed by atoms with Gasteiger partial charge in [0, 0.05) is 35.8 Å². The zero-order valence-corrected chi connectivity index (χ0v) is 14.7. The van der Waals surface area contributed by atoms with Gasteiger partial charge in [-0.25, -0.2) is 4.79 Å². The first-order chi connectivity index (χ1) is 12.7. The number of carboxylic acid groups (broad SMARTS) is 1. The van der Waals surface area contributed by atoms with Crippen LogP contribution in [0.2, 0.25) is 0 Å². The first kappa shape index (κ1) is 16.6. The van der Waals surface area contributed by atoms with Crippen molar-refractivity contribution in [2.75, 3.05) is 20.2 Å². The Morgan fingerprint density at radius 2 is 2.12 bits per heavy atom. The Kier molecular flexibility index (Phi) is 4.32. The third kappa shape index (κ3) is 3.03. The van der Waals surface area contributed by atoms with Gasteiger partial charge >= 0.3 is 6.09 Å². The van der Waals surface area contributed by atoms with Crippen molar-refractivity contribution in [2.24, 2.45) is 0 Å². The number of likely N-dealkylation sites (tertiary alicyclic amines) is 1. The van der Waals surface area contributed by atoms with Crippen LogP contribution in [-0.4, -0.2) is 40.9 Å². The molecule has 6 nitrogen and oxygen atoms in total. The highest BCUT2D eigenvalue weighted by atomic mass is 16.5. The van der Waals surface area contributed by atoms with E-state index in [2.05, 4.69) is 22.9 Å². The van der Waals surface area contributed by atoms with Crippen LogP contribution in [0.5, 0.6) is 5.75 Å². The molecular formula is C20H22N2O4. The zero-order chi connectivity index (χ0) is 18.1. The van der Waals surface area contributed by atoms with Crippen LogP contribution in [0.25, 0.3) is 10.9 Å². The normalized spacial score (nSPS) is 15.5. The summed E-state index contributed by atoms with van der Waals surface area (Å²) in [5.41, 5.74) is 3.54. The van der Waals surface area contributed by atoms with Gasteiger partial charge in [0.1, 0.15) is 5.75 Å². The van der Waals surface area contributed by atoms with E-state index in [1.807, 2.05) is 12.1 Å². The molecule has 0 saturated carbocycles. The molecule has 4 rings (SSSR count). The molecule has 1 fully saturated rings. The average molecular weight is 354 g/mol. The Hall–Kier alpha value is -2.89. The number of carbonyl (C=O) groups is 1. The Morgan fingerprint density at radius 1 is 1.31 bits per heavy atom. The summed E-state index contributed by atoms with van der Waals surface area (Å²) in [6.45, 7) is 1.91. The van der Waals surface area contributed by atoms with Crippen molar-refractivity contribution in [3.05, 3.63) is 54.1 Å². The van der Waals surface area contributed by atoms with E-state index in [1.54, 1.807) is 19.6 Å². The number of methoxy groups -OCH3 is 1. The van der Waals surface area contributed by atoms with Gasteiger partial charge in [0.05, 0.1) is 26.2 Å². The third-order valence-electron chi connectivity index (χ3n) is 5.26. The molecule has 1 aromatic carbocycles. The highest BCUT2D eigenvalue weighted by Crippen LogP contribution is 2.36. The second-order valence-corrected chi connectivity index (χ2v) is 6.77. The second kappa shape index (κ2) is 6.78. The number of aromatic nitrogens is 1. The van der Waals surface area contributed by atoms with Crippen molar-refractivity contribution in [3.8, 4) is 5.75 Å². The van der Waals surface area contributed by atoms with Gasteiger partial charge in [-0.3, -0.25) is 0 Å². The molecule has 0 bridgehead atoms. The summed E-state index contributed by atoms with van der Waals surface area (Å²) in [5, 5.41) is 10.4. The molecule has 3 aromatic rings. The minimum atomic E-state index is -0.826. The molecule has 0 radical (unpaired) electrons. The standard InChI is InChI=1S/C20H22N2O4/c1-25-16-2-3-19-17(10-16)18(12-22(19)11-14-6-9-26-13-14)15-4-7-21(8-5-15)20(23)24/h2-3,6,9-10,12-13,15H,4-5,7-8,11H2,1H3,(H,23,24). The van der Waals surface area contributed by atoms with Crippen molar-refractivity contribution in [1.29, 1.82) is 0 Å². The van der Waals surface area contributed by atoms with Gasteiger partial charge < -0.3 is 23.7 Å². The van der Waals surface area contributed by atoms with Gasteiger partial charge in [0.15, 0.2) is 0 Å². The zero-order valence-electron chi connectivity index (χ0n) is 14.7. The molecule has 136 valence electrons. The number of ether oxygens (including phenoxy) is 1. The molecular weight excluding hydrogens is 332 g/mol. The minimum Gasteiger partial charge on any atom is -0.497 e. The van der Waals surface area contributed by atoms with Crippen LogP contribution >= 0.6 is 0 Å². The summed E-state index contributed by atoms with van der Waals surface area (Å²) in [6.07, 6.45) is 6.51. The highest BCUT2D eigenvalue weighted by Gasteiger charge is 2.26. The molecule has 0 aliphatic carbocycles. The van der Waals surface area contributed by atoms with Crippen LogP contribution in [0, 0.1) is 0 Å². The van der Waals surface area contributed by atoms with Crippen molar-refractivity contribution in [3.63, 3.8) is 0 Å². The molecule has 0 unspecified atom stereocenters. The number of hydrogen-bond donors (Lipinski definition) is 1. The summed E-state index contributed by atoms with van der Waals surface area (Å²) in [6, 6.07) is 8.12. The van der Waals surface area contributed by atoms with Gasteiger partial charge in [-0.1, -0.05) is 0 Å². The summed E-state index contributed by atoms with van der Waals surface area (Å²) >= 11 is 0. The van der Waals surface area contributed by atoms with Gasteiger partial charge in [-0.05, 0) is 48.6 Å². The summed E-state index contributed by atoms with van der Waals surface area (Å²) in [7, 11) is 1.68. The van der Waals surface area contributed by atoms with Crippen LogP contribution in [0.3, 0.4) is 0 Å². The van der Waals surface area contributed by atoms with E-state index in [0.29, 0.717) is 19.0 Å². The number of nitrogens with zero attached hydrogens (tertiary/aromatic N) is 2. The average Bonchev–Trinajstić information content (AvgIpc) is 3.30. The van der Waals surface area contributed by atoms with Crippen molar-refractivity contribution < 1.29 is 19.1 Å². The highest BCUT2D eigenvalue weighted by molar-refractivity contribution is 5.86. The lowest BCUT2D eigenvalue weighted by Crippen LogP contribution is -2.36.